The fourth-order valence-electron chi connectivity index (χ4n) is 3.59. The molecular weight excluding hydrogens is 384 g/mol. The van der Waals surface area contributed by atoms with Gasteiger partial charge in [-0.05, 0) is 31.7 Å². The van der Waals surface area contributed by atoms with E-state index in [0.29, 0.717) is 35.8 Å². The van der Waals surface area contributed by atoms with Gasteiger partial charge in [0.1, 0.15) is 0 Å². The molecule has 0 radical (unpaired) electrons. The molecule has 1 amide bonds. The van der Waals surface area contributed by atoms with Crippen LogP contribution in [0, 0.1) is 12.8 Å². The molecule has 0 aliphatic carbocycles. The fourth-order valence-corrected chi connectivity index (χ4v) is 3.59. The molecule has 2 aromatic rings. The average Bonchev–Trinajstić information content (AvgIpc) is 2.75. The van der Waals surface area contributed by atoms with Crippen LogP contribution in [0.2, 0.25) is 0 Å². The molecule has 1 aliphatic heterocycles. The highest BCUT2D eigenvalue weighted by atomic mass is 16.5. The van der Waals surface area contributed by atoms with Gasteiger partial charge in [-0.3, -0.25) is 4.79 Å². The van der Waals surface area contributed by atoms with E-state index in [2.05, 4.69) is 27.1 Å². The van der Waals surface area contributed by atoms with Gasteiger partial charge in [0, 0.05) is 37.0 Å². The first kappa shape index (κ1) is 21.7. The zero-order valence-electron chi connectivity index (χ0n) is 18.1. The minimum absolute atomic E-state index is 0.126. The number of carbonyl (C=O) groups is 1. The second kappa shape index (κ2) is 10.1. The van der Waals surface area contributed by atoms with Crippen molar-refractivity contribution >= 4 is 11.9 Å². The van der Waals surface area contributed by atoms with E-state index < -0.39 is 0 Å². The van der Waals surface area contributed by atoms with Crippen LogP contribution in [0.4, 0.5) is 5.95 Å². The van der Waals surface area contributed by atoms with E-state index in [1.165, 1.54) is 6.42 Å². The maximum atomic E-state index is 12.3. The van der Waals surface area contributed by atoms with E-state index in [9.17, 15) is 4.79 Å². The summed E-state index contributed by atoms with van der Waals surface area (Å²) in [4.78, 5) is 23.5. The number of anilines is 1. The van der Waals surface area contributed by atoms with Gasteiger partial charge in [-0.1, -0.05) is 19.1 Å². The van der Waals surface area contributed by atoms with Gasteiger partial charge in [-0.25, -0.2) is 4.98 Å². The first-order valence-corrected chi connectivity index (χ1v) is 10.2. The van der Waals surface area contributed by atoms with Crippen LogP contribution in [-0.4, -0.2) is 49.8 Å². The van der Waals surface area contributed by atoms with Gasteiger partial charge in [0.25, 0.3) is 5.91 Å². The largest absolute Gasteiger partial charge is 0.493 e. The molecule has 0 saturated carbocycles. The number of hydrogen-bond acceptors (Lipinski definition) is 7. The van der Waals surface area contributed by atoms with Crippen LogP contribution in [0.5, 0.6) is 17.4 Å². The third-order valence-corrected chi connectivity index (χ3v) is 5.07. The number of rotatable bonds is 8. The van der Waals surface area contributed by atoms with E-state index in [4.69, 9.17) is 14.2 Å². The second-order valence-corrected chi connectivity index (χ2v) is 7.56. The number of amides is 1. The molecule has 1 aromatic heterocycles. The predicted molar refractivity (Wildman–Crippen MR) is 114 cm³/mol. The quantitative estimate of drug-likeness (QED) is 0.711. The van der Waals surface area contributed by atoms with Gasteiger partial charge < -0.3 is 24.4 Å². The van der Waals surface area contributed by atoms with E-state index >= 15 is 0 Å². The number of nitrogens with one attached hydrogen (secondary N) is 1. The standard InChI is InChI=1S/C22H30N4O4/c1-15-7-6-10-26(13-15)22-24-16(2)11-20(25-22)30-14-19(27)23-12-17-8-5-9-18(28-3)21(17)29-4/h5,8-9,11,15H,6-7,10,12-14H2,1-4H3,(H,23,27). The SMILES string of the molecule is COc1cccc(CNC(=O)COc2cc(C)nc(N3CCCC(C)C3)n2)c1OC. The van der Waals surface area contributed by atoms with Crippen molar-refractivity contribution < 1.29 is 19.0 Å². The van der Waals surface area contributed by atoms with Gasteiger partial charge >= 0.3 is 0 Å². The molecule has 1 aliphatic rings. The maximum Gasteiger partial charge on any atom is 0.258 e. The highest BCUT2D eigenvalue weighted by molar-refractivity contribution is 5.77. The normalized spacial score (nSPS) is 16.1. The summed E-state index contributed by atoms with van der Waals surface area (Å²) in [5, 5.41) is 2.84. The zero-order chi connectivity index (χ0) is 21.5. The van der Waals surface area contributed by atoms with Crippen molar-refractivity contribution in [2.75, 3.05) is 38.8 Å². The molecule has 1 N–H and O–H groups in total. The highest BCUT2D eigenvalue weighted by Crippen LogP contribution is 2.30. The Bertz CT molecular complexity index is 874. The van der Waals surface area contributed by atoms with Crippen molar-refractivity contribution in [2.24, 2.45) is 5.92 Å². The Labute approximate surface area is 177 Å². The number of methoxy groups -OCH3 is 2. The van der Waals surface area contributed by atoms with Crippen molar-refractivity contribution in [3.8, 4) is 17.4 Å². The molecule has 0 spiro atoms. The smallest absolute Gasteiger partial charge is 0.258 e. The van der Waals surface area contributed by atoms with E-state index in [-0.39, 0.29) is 12.5 Å². The molecule has 1 unspecified atom stereocenters. The molecule has 8 heteroatoms. The summed E-state index contributed by atoms with van der Waals surface area (Å²) in [7, 11) is 3.15. The van der Waals surface area contributed by atoms with Crippen LogP contribution in [0.3, 0.4) is 0 Å². The molecule has 1 aromatic carbocycles. The Balaban J connectivity index is 1.57. The number of aromatic nitrogens is 2. The van der Waals surface area contributed by atoms with Crippen molar-refractivity contribution in [3.05, 3.63) is 35.5 Å². The number of piperidine rings is 1. The minimum atomic E-state index is -0.246. The fraction of sp³-hybridized carbons (Fsp3) is 0.500. The van der Waals surface area contributed by atoms with Gasteiger partial charge in [-0.15, -0.1) is 0 Å². The molecule has 30 heavy (non-hydrogen) atoms. The molecule has 1 saturated heterocycles. The topological polar surface area (TPSA) is 85.8 Å². The number of hydrogen-bond donors (Lipinski definition) is 1. The number of ether oxygens (including phenoxy) is 3. The van der Waals surface area contributed by atoms with Crippen LogP contribution in [0.25, 0.3) is 0 Å². The molecule has 1 fully saturated rings. The number of aryl methyl sites for hydroxylation is 1. The first-order chi connectivity index (χ1) is 14.5. The summed E-state index contributed by atoms with van der Waals surface area (Å²) in [5.74, 6) is 2.67. The number of para-hydroxylation sites is 1. The summed E-state index contributed by atoms with van der Waals surface area (Å²) < 4.78 is 16.3. The Morgan fingerprint density at radius 1 is 1.27 bits per heavy atom. The van der Waals surface area contributed by atoms with Gasteiger partial charge in [0.05, 0.1) is 14.2 Å². The molecule has 0 bridgehead atoms. The summed E-state index contributed by atoms with van der Waals surface area (Å²) in [5.41, 5.74) is 1.64. The number of nitrogens with zero attached hydrogens (tertiary/aromatic N) is 3. The number of carbonyl (C=O) groups excluding carboxylic acids is 1. The lowest BCUT2D eigenvalue weighted by molar-refractivity contribution is -0.123. The third-order valence-electron chi connectivity index (χ3n) is 5.07. The van der Waals surface area contributed by atoms with Gasteiger partial charge in [0.15, 0.2) is 18.1 Å². The number of benzene rings is 1. The Kier molecular flexibility index (Phi) is 7.32. The van der Waals surface area contributed by atoms with Gasteiger partial charge in [-0.2, -0.15) is 4.98 Å². The second-order valence-electron chi connectivity index (χ2n) is 7.56. The maximum absolute atomic E-state index is 12.3. The summed E-state index contributed by atoms with van der Waals surface area (Å²) in [6.45, 7) is 6.20. The van der Waals surface area contributed by atoms with Crippen LogP contribution in [-0.2, 0) is 11.3 Å². The molecular formula is C22H30N4O4. The van der Waals surface area contributed by atoms with E-state index in [0.717, 1.165) is 30.8 Å². The average molecular weight is 415 g/mol. The lowest BCUT2D eigenvalue weighted by atomic mass is 10.0. The highest BCUT2D eigenvalue weighted by Gasteiger charge is 2.20. The Morgan fingerprint density at radius 2 is 2.10 bits per heavy atom. The molecule has 1 atom stereocenters. The van der Waals surface area contributed by atoms with Crippen LogP contribution < -0.4 is 24.4 Å². The Morgan fingerprint density at radius 3 is 2.83 bits per heavy atom. The van der Waals surface area contributed by atoms with Crippen molar-refractivity contribution in [2.45, 2.75) is 33.2 Å². The third kappa shape index (κ3) is 5.52. The summed E-state index contributed by atoms with van der Waals surface area (Å²) >= 11 is 0. The van der Waals surface area contributed by atoms with Crippen molar-refractivity contribution in [1.82, 2.24) is 15.3 Å². The van der Waals surface area contributed by atoms with Crippen molar-refractivity contribution in [1.29, 1.82) is 0 Å². The lowest BCUT2D eigenvalue weighted by Crippen LogP contribution is -2.35. The molecule has 162 valence electrons. The molecule has 3 rings (SSSR count). The summed E-state index contributed by atoms with van der Waals surface area (Å²) in [6, 6.07) is 7.29. The summed E-state index contributed by atoms with van der Waals surface area (Å²) in [6.07, 6.45) is 2.36. The van der Waals surface area contributed by atoms with Crippen LogP contribution in [0.1, 0.15) is 31.0 Å². The predicted octanol–water partition coefficient (Wildman–Crippen LogP) is 2.73. The monoisotopic (exact) mass is 414 g/mol. The first-order valence-electron chi connectivity index (χ1n) is 10.2. The molecule has 8 nitrogen and oxygen atoms in total. The van der Waals surface area contributed by atoms with Crippen LogP contribution >= 0.6 is 0 Å². The van der Waals surface area contributed by atoms with E-state index in [1.54, 1.807) is 20.3 Å². The molecule has 2 heterocycles. The van der Waals surface area contributed by atoms with Crippen LogP contribution in [0.15, 0.2) is 24.3 Å². The lowest BCUT2D eigenvalue weighted by Gasteiger charge is -2.31. The Hall–Kier alpha value is -3.03. The zero-order valence-corrected chi connectivity index (χ0v) is 18.1. The van der Waals surface area contributed by atoms with E-state index in [1.807, 2.05) is 25.1 Å². The minimum Gasteiger partial charge on any atom is -0.493 e. The van der Waals surface area contributed by atoms with Crippen molar-refractivity contribution in [3.63, 3.8) is 0 Å². The van der Waals surface area contributed by atoms with Gasteiger partial charge in [0.2, 0.25) is 11.8 Å².